The second-order valence-corrected chi connectivity index (χ2v) is 12.4. The van der Waals surface area contributed by atoms with Gasteiger partial charge in [0, 0.05) is 29.2 Å². The minimum absolute atomic E-state index is 0.0984. The fourth-order valence-electron chi connectivity index (χ4n) is 4.29. The lowest BCUT2D eigenvalue weighted by Gasteiger charge is -2.22. The maximum absolute atomic E-state index is 14.2. The molecule has 1 fully saturated rings. The normalized spacial score (nSPS) is 16.5. The van der Waals surface area contributed by atoms with Crippen molar-refractivity contribution >= 4 is 20.9 Å². The van der Waals surface area contributed by atoms with Gasteiger partial charge in [0.1, 0.15) is 6.04 Å². The molecule has 1 unspecified atom stereocenters. The van der Waals surface area contributed by atoms with Crippen LogP contribution in [0.3, 0.4) is 0 Å². The molecule has 0 aliphatic heterocycles. The molecule has 196 valence electrons. The van der Waals surface area contributed by atoms with Crippen LogP contribution in [0.25, 0.3) is 22.0 Å². The monoisotopic (exact) mass is 532 g/mol. The van der Waals surface area contributed by atoms with Crippen molar-refractivity contribution in [1.29, 1.82) is 0 Å². The molecule has 36 heavy (non-hydrogen) atoms. The summed E-state index contributed by atoms with van der Waals surface area (Å²) in [5.74, 6) is 0. The Morgan fingerprint density at radius 1 is 1.00 bits per heavy atom. The van der Waals surface area contributed by atoms with Crippen LogP contribution in [0, 0.1) is 5.41 Å². The summed E-state index contributed by atoms with van der Waals surface area (Å²) in [4.78, 5) is 0. The zero-order valence-corrected chi connectivity index (χ0v) is 20.7. The fraction of sp³-hybridized carbons (Fsp3) is 0.440. The molecule has 1 aromatic heterocycles. The molecule has 3 aromatic rings. The van der Waals surface area contributed by atoms with Gasteiger partial charge < -0.3 is 4.57 Å². The van der Waals surface area contributed by atoms with Crippen molar-refractivity contribution in [1.82, 2.24) is 9.29 Å². The van der Waals surface area contributed by atoms with Gasteiger partial charge in [-0.25, -0.2) is 8.42 Å². The van der Waals surface area contributed by atoms with Crippen molar-refractivity contribution in [2.24, 2.45) is 5.41 Å². The van der Waals surface area contributed by atoms with E-state index in [9.17, 15) is 34.8 Å². The molecule has 11 heteroatoms. The molecule has 2 aromatic carbocycles. The first-order valence-corrected chi connectivity index (χ1v) is 12.9. The molecule has 1 heterocycles. The average Bonchev–Trinajstić information content (AvgIpc) is 3.55. The Morgan fingerprint density at radius 3 is 2.19 bits per heavy atom. The van der Waals surface area contributed by atoms with Crippen LogP contribution in [-0.2, 0) is 22.7 Å². The second kappa shape index (κ2) is 8.79. The summed E-state index contributed by atoms with van der Waals surface area (Å²) in [6.07, 6.45) is -7.69. The van der Waals surface area contributed by atoms with Gasteiger partial charge >= 0.3 is 12.4 Å². The Kier molecular flexibility index (Phi) is 6.48. The lowest BCUT2D eigenvalue weighted by Crippen LogP contribution is -2.39. The molecule has 1 aliphatic rings. The van der Waals surface area contributed by atoms with Crippen LogP contribution in [-0.4, -0.2) is 24.4 Å². The van der Waals surface area contributed by atoms with E-state index in [1.165, 1.54) is 42.6 Å². The SMILES string of the molecule is CC(C)(C)Cn1cc(C(NS(=O)(=O)C2CC2)C(F)(F)F)c2ccc(-c3ccccc3C(F)(F)F)cc21. The molecule has 4 rings (SSSR count). The summed E-state index contributed by atoms with van der Waals surface area (Å²) in [5.41, 5.74) is -1.15. The number of sulfonamides is 1. The molecule has 0 saturated heterocycles. The van der Waals surface area contributed by atoms with Gasteiger partial charge in [-0.3, -0.25) is 0 Å². The topological polar surface area (TPSA) is 51.1 Å². The minimum atomic E-state index is -4.93. The van der Waals surface area contributed by atoms with Crippen LogP contribution in [0.15, 0.2) is 48.7 Å². The highest BCUT2D eigenvalue weighted by Gasteiger charge is 2.47. The molecule has 1 saturated carbocycles. The highest BCUT2D eigenvalue weighted by molar-refractivity contribution is 7.90. The minimum Gasteiger partial charge on any atom is -0.347 e. The molecular weight excluding hydrogens is 506 g/mol. The molecule has 1 atom stereocenters. The summed E-state index contributed by atoms with van der Waals surface area (Å²) in [5, 5.41) is -0.732. The summed E-state index contributed by atoms with van der Waals surface area (Å²) in [6.45, 7) is 5.88. The van der Waals surface area contributed by atoms with Gasteiger partial charge in [-0.1, -0.05) is 51.1 Å². The van der Waals surface area contributed by atoms with Crippen molar-refractivity contribution in [3.63, 3.8) is 0 Å². The first-order valence-electron chi connectivity index (χ1n) is 11.3. The standard InChI is InChI=1S/C25H26F6N2O2S/c1-23(2,3)14-33-13-19(22(25(29,30)31)32-36(34,35)16-9-10-16)18-11-8-15(12-21(18)33)17-6-4-5-7-20(17)24(26,27)28/h4-8,11-13,16,22,32H,9-10,14H2,1-3H3. The van der Waals surface area contributed by atoms with Crippen LogP contribution in [0.2, 0.25) is 0 Å². The van der Waals surface area contributed by atoms with Gasteiger partial charge in [-0.2, -0.15) is 31.1 Å². The zero-order valence-electron chi connectivity index (χ0n) is 19.8. The van der Waals surface area contributed by atoms with E-state index in [0.717, 1.165) is 6.07 Å². The third kappa shape index (κ3) is 5.56. The number of nitrogens with one attached hydrogen (secondary N) is 1. The summed E-state index contributed by atoms with van der Waals surface area (Å²) >= 11 is 0. The molecule has 0 amide bonds. The predicted octanol–water partition coefficient (Wildman–Crippen LogP) is 7.06. The maximum atomic E-state index is 14.2. The number of aromatic nitrogens is 1. The Balaban J connectivity index is 1.91. The average molecular weight is 533 g/mol. The number of benzene rings is 2. The van der Waals surface area contributed by atoms with Crippen LogP contribution in [0.4, 0.5) is 26.3 Å². The van der Waals surface area contributed by atoms with Gasteiger partial charge in [-0.05, 0) is 41.5 Å². The molecule has 1 N–H and O–H groups in total. The number of hydrogen-bond acceptors (Lipinski definition) is 2. The van der Waals surface area contributed by atoms with Crippen molar-refractivity contribution in [3.8, 4) is 11.1 Å². The number of nitrogens with zero attached hydrogens (tertiary/aromatic N) is 1. The number of hydrogen-bond donors (Lipinski definition) is 1. The highest BCUT2D eigenvalue weighted by Crippen LogP contribution is 2.42. The van der Waals surface area contributed by atoms with Crippen LogP contribution < -0.4 is 4.72 Å². The summed E-state index contributed by atoms with van der Waals surface area (Å²) < 4.78 is 112. The molecule has 1 aliphatic carbocycles. The first-order chi connectivity index (χ1) is 16.5. The van der Waals surface area contributed by atoms with E-state index >= 15 is 0 Å². The molecule has 0 spiro atoms. The fourth-order valence-corrected chi connectivity index (χ4v) is 5.83. The van der Waals surface area contributed by atoms with E-state index in [1.54, 1.807) is 4.57 Å². The Hall–Kier alpha value is -2.53. The van der Waals surface area contributed by atoms with Crippen molar-refractivity contribution in [2.75, 3.05) is 0 Å². The Bertz CT molecular complexity index is 1380. The third-order valence-electron chi connectivity index (χ3n) is 5.98. The number of rotatable bonds is 6. The molecule has 0 bridgehead atoms. The first kappa shape index (κ1) is 26.5. The highest BCUT2D eigenvalue weighted by atomic mass is 32.2. The molecule has 4 nitrogen and oxygen atoms in total. The largest absolute Gasteiger partial charge is 0.417 e. The van der Waals surface area contributed by atoms with Crippen molar-refractivity contribution in [3.05, 3.63) is 59.8 Å². The Morgan fingerprint density at radius 2 is 1.64 bits per heavy atom. The van der Waals surface area contributed by atoms with E-state index in [1.807, 2.05) is 25.5 Å². The van der Waals surface area contributed by atoms with Crippen LogP contribution in [0.5, 0.6) is 0 Å². The number of alkyl halides is 6. The van der Waals surface area contributed by atoms with Gasteiger partial charge in [0.05, 0.1) is 10.8 Å². The van der Waals surface area contributed by atoms with Gasteiger partial charge in [-0.15, -0.1) is 0 Å². The lowest BCUT2D eigenvalue weighted by atomic mass is 9.96. The third-order valence-corrected chi connectivity index (χ3v) is 7.90. The molecule has 0 radical (unpaired) electrons. The van der Waals surface area contributed by atoms with Crippen molar-refractivity contribution in [2.45, 2.75) is 63.8 Å². The van der Waals surface area contributed by atoms with Crippen LogP contribution in [0.1, 0.15) is 50.8 Å². The van der Waals surface area contributed by atoms with E-state index in [4.69, 9.17) is 0 Å². The number of fused-ring (bicyclic) bond motifs is 1. The predicted molar refractivity (Wildman–Crippen MR) is 126 cm³/mol. The van der Waals surface area contributed by atoms with E-state index in [0.29, 0.717) is 12.8 Å². The van der Waals surface area contributed by atoms with Gasteiger partial charge in [0.25, 0.3) is 0 Å². The Labute approximate surface area is 205 Å². The lowest BCUT2D eigenvalue weighted by molar-refractivity contribution is -0.152. The van der Waals surface area contributed by atoms with E-state index in [-0.39, 0.29) is 39.6 Å². The molecular formula is C25H26F6N2O2S. The maximum Gasteiger partial charge on any atom is 0.417 e. The second-order valence-electron chi connectivity index (χ2n) is 10.4. The van der Waals surface area contributed by atoms with Crippen molar-refractivity contribution < 1.29 is 34.8 Å². The van der Waals surface area contributed by atoms with E-state index < -0.39 is 39.2 Å². The summed E-state index contributed by atoms with van der Waals surface area (Å²) in [7, 11) is -4.19. The van der Waals surface area contributed by atoms with Crippen LogP contribution >= 0.6 is 0 Å². The quantitative estimate of drug-likeness (QED) is 0.346. The smallest absolute Gasteiger partial charge is 0.347 e. The number of halogens is 6. The zero-order chi connectivity index (χ0) is 26.7. The van der Waals surface area contributed by atoms with Gasteiger partial charge in [0.15, 0.2) is 0 Å². The summed E-state index contributed by atoms with van der Waals surface area (Å²) in [6, 6.07) is 6.59. The van der Waals surface area contributed by atoms with E-state index in [2.05, 4.69) is 0 Å². The van der Waals surface area contributed by atoms with Gasteiger partial charge in [0.2, 0.25) is 10.0 Å².